The lowest BCUT2D eigenvalue weighted by Crippen LogP contribution is -2.47. The first-order valence-electron chi connectivity index (χ1n) is 9.40. The Morgan fingerprint density at radius 3 is 2.50 bits per heavy atom. The average Bonchev–Trinajstić information content (AvgIpc) is 3.15. The summed E-state index contributed by atoms with van der Waals surface area (Å²) in [7, 11) is 1.64. The first-order valence-corrected chi connectivity index (χ1v) is 10.2. The molecule has 30 heavy (non-hydrogen) atoms. The molecule has 1 aliphatic rings. The summed E-state index contributed by atoms with van der Waals surface area (Å²) in [6, 6.07) is 10.9. The number of rotatable bonds is 5. The monoisotopic (exact) mass is 473 g/mol. The molecule has 156 valence electrons. The molecule has 0 N–H and O–H groups in total. The van der Waals surface area contributed by atoms with Crippen LogP contribution < -0.4 is 14.5 Å². The molecule has 1 aromatic carbocycles. The van der Waals surface area contributed by atoms with Gasteiger partial charge in [0.1, 0.15) is 17.1 Å². The van der Waals surface area contributed by atoms with Crippen LogP contribution in [0.15, 0.2) is 45.5 Å². The Kier molecular flexibility index (Phi) is 5.58. The average molecular weight is 474 g/mol. The minimum atomic E-state index is -0.499. The van der Waals surface area contributed by atoms with Gasteiger partial charge >= 0.3 is 5.82 Å². The summed E-state index contributed by atoms with van der Waals surface area (Å²) in [6.07, 6.45) is 0. The molecule has 0 bridgehead atoms. The van der Waals surface area contributed by atoms with Crippen LogP contribution in [-0.2, 0) is 0 Å². The van der Waals surface area contributed by atoms with Crippen LogP contribution in [0.3, 0.4) is 0 Å². The van der Waals surface area contributed by atoms with Gasteiger partial charge in [0.15, 0.2) is 5.76 Å². The summed E-state index contributed by atoms with van der Waals surface area (Å²) < 4.78 is 11.5. The highest BCUT2D eigenvalue weighted by Crippen LogP contribution is 2.38. The number of benzene rings is 1. The normalized spacial score (nSPS) is 14.1. The highest BCUT2D eigenvalue weighted by molar-refractivity contribution is 9.10. The number of nitro groups is 1. The largest absolute Gasteiger partial charge is 0.496 e. The van der Waals surface area contributed by atoms with Crippen molar-refractivity contribution in [3.63, 3.8) is 0 Å². The van der Waals surface area contributed by atoms with Gasteiger partial charge in [0.2, 0.25) is 4.60 Å². The molecule has 0 amide bonds. The minimum absolute atomic E-state index is 0.175. The molecule has 0 spiro atoms. The van der Waals surface area contributed by atoms with Crippen molar-refractivity contribution in [3.8, 4) is 17.0 Å². The summed E-state index contributed by atoms with van der Waals surface area (Å²) in [4.78, 5) is 18.9. The summed E-state index contributed by atoms with van der Waals surface area (Å²) in [5.41, 5.74) is 3.44. The summed E-state index contributed by atoms with van der Waals surface area (Å²) >= 11 is 3.36. The third-order valence-corrected chi connectivity index (χ3v) is 5.72. The van der Waals surface area contributed by atoms with Crippen LogP contribution in [0.2, 0.25) is 0 Å². The Hall–Kier alpha value is -3.14. The zero-order valence-corrected chi connectivity index (χ0v) is 18.1. The number of aryl methyl sites for hydroxylation is 1. The van der Waals surface area contributed by atoms with Crippen LogP contribution in [0.4, 0.5) is 17.2 Å². The smallest absolute Gasteiger partial charge is 0.364 e. The van der Waals surface area contributed by atoms with E-state index in [0.717, 1.165) is 60.3 Å². The zero-order valence-electron chi connectivity index (χ0n) is 16.5. The lowest BCUT2D eigenvalue weighted by molar-refractivity contribution is -0.389. The van der Waals surface area contributed by atoms with Crippen LogP contribution >= 0.6 is 15.9 Å². The van der Waals surface area contributed by atoms with Gasteiger partial charge in [0, 0.05) is 53.7 Å². The fraction of sp³-hybridized carbons (Fsp3) is 0.300. The number of ether oxygens (including phenoxy) is 1. The molecule has 0 saturated carbocycles. The van der Waals surface area contributed by atoms with Gasteiger partial charge in [-0.25, -0.2) is 0 Å². The number of nitrogens with zero attached hydrogens (tertiary/aromatic N) is 5. The molecule has 0 unspecified atom stereocenters. The van der Waals surface area contributed by atoms with E-state index in [1.54, 1.807) is 13.2 Å². The molecule has 10 heteroatoms. The van der Waals surface area contributed by atoms with Crippen molar-refractivity contribution in [2.45, 2.75) is 6.92 Å². The maximum Gasteiger partial charge on any atom is 0.364 e. The standard InChI is InChI=1S/C20H20BrN5O4/c1-13-19(18(23-30-13)14-5-3-4-6-16(14)29-2)25-11-9-24(10-12-25)15-7-8-17(26(27)28)22-20(15)21/h3-8H,9-12H2,1-2H3. The van der Waals surface area contributed by atoms with E-state index in [-0.39, 0.29) is 5.82 Å². The molecule has 4 rings (SSSR count). The molecule has 1 fully saturated rings. The molecular weight excluding hydrogens is 454 g/mol. The first kappa shape index (κ1) is 20.1. The van der Waals surface area contributed by atoms with E-state index in [1.807, 2.05) is 31.2 Å². The Labute approximate surface area is 181 Å². The molecular formula is C20H20BrN5O4. The van der Waals surface area contributed by atoms with Gasteiger partial charge < -0.3 is 29.2 Å². The van der Waals surface area contributed by atoms with E-state index in [4.69, 9.17) is 9.26 Å². The highest BCUT2D eigenvalue weighted by Gasteiger charge is 2.28. The SMILES string of the molecule is COc1ccccc1-c1noc(C)c1N1CCN(c2ccc([N+](=O)[O-])nc2Br)CC1. The van der Waals surface area contributed by atoms with Crippen LogP contribution in [-0.4, -0.2) is 48.4 Å². The number of anilines is 2. The maximum absolute atomic E-state index is 10.9. The minimum Gasteiger partial charge on any atom is -0.496 e. The summed E-state index contributed by atoms with van der Waals surface area (Å²) in [6.45, 7) is 4.86. The third-order valence-electron chi connectivity index (χ3n) is 5.13. The molecule has 0 radical (unpaired) electrons. The van der Waals surface area contributed by atoms with Crippen molar-refractivity contribution in [2.24, 2.45) is 0 Å². The lowest BCUT2D eigenvalue weighted by atomic mass is 10.1. The van der Waals surface area contributed by atoms with Crippen molar-refractivity contribution in [2.75, 3.05) is 43.1 Å². The molecule has 9 nitrogen and oxygen atoms in total. The number of halogens is 1. The fourth-order valence-corrected chi connectivity index (χ4v) is 4.25. The van der Waals surface area contributed by atoms with Gasteiger partial charge in [0.05, 0.1) is 12.8 Å². The van der Waals surface area contributed by atoms with E-state index < -0.39 is 4.92 Å². The fourth-order valence-electron chi connectivity index (χ4n) is 3.68. The van der Waals surface area contributed by atoms with Gasteiger partial charge in [-0.3, -0.25) is 0 Å². The van der Waals surface area contributed by atoms with Crippen molar-refractivity contribution < 1.29 is 14.2 Å². The second-order valence-corrected chi connectivity index (χ2v) is 7.60. The Morgan fingerprint density at radius 1 is 1.13 bits per heavy atom. The van der Waals surface area contributed by atoms with Crippen LogP contribution in [0, 0.1) is 17.0 Å². The van der Waals surface area contributed by atoms with E-state index in [9.17, 15) is 10.1 Å². The number of piperazine rings is 1. The van der Waals surface area contributed by atoms with Crippen LogP contribution in [0.25, 0.3) is 11.3 Å². The predicted octanol–water partition coefficient (Wildman–Crippen LogP) is 4.05. The Balaban J connectivity index is 1.56. The highest BCUT2D eigenvalue weighted by atomic mass is 79.9. The number of methoxy groups -OCH3 is 1. The second kappa shape index (κ2) is 8.31. The lowest BCUT2D eigenvalue weighted by Gasteiger charge is -2.37. The number of hydrogen-bond donors (Lipinski definition) is 0. The number of pyridine rings is 1. The Bertz CT molecular complexity index is 1080. The van der Waals surface area contributed by atoms with E-state index in [1.165, 1.54) is 6.07 Å². The molecule has 1 aliphatic heterocycles. The van der Waals surface area contributed by atoms with Crippen LogP contribution in [0.1, 0.15) is 5.76 Å². The number of hydrogen-bond acceptors (Lipinski definition) is 8. The van der Waals surface area contributed by atoms with Crippen molar-refractivity contribution in [1.82, 2.24) is 10.1 Å². The summed E-state index contributed by atoms with van der Waals surface area (Å²) in [5.74, 6) is 1.32. The number of aromatic nitrogens is 2. The first-order chi connectivity index (χ1) is 14.5. The summed E-state index contributed by atoms with van der Waals surface area (Å²) in [5, 5.41) is 15.2. The molecule has 3 heterocycles. The van der Waals surface area contributed by atoms with Gasteiger partial charge in [-0.2, -0.15) is 0 Å². The molecule has 0 aliphatic carbocycles. The van der Waals surface area contributed by atoms with Crippen molar-refractivity contribution >= 4 is 33.1 Å². The van der Waals surface area contributed by atoms with Gasteiger partial charge in [-0.05, 0) is 35.0 Å². The topological polar surface area (TPSA) is 97.8 Å². The van der Waals surface area contributed by atoms with E-state index in [0.29, 0.717) is 4.60 Å². The van der Waals surface area contributed by atoms with Crippen molar-refractivity contribution in [3.05, 3.63) is 56.9 Å². The maximum atomic E-state index is 10.9. The molecule has 2 aromatic heterocycles. The molecule has 3 aromatic rings. The van der Waals surface area contributed by atoms with Crippen LogP contribution in [0.5, 0.6) is 5.75 Å². The second-order valence-electron chi connectivity index (χ2n) is 6.85. The Morgan fingerprint density at radius 2 is 1.83 bits per heavy atom. The predicted molar refractivity (Wildman–Crippen MR) is 116 cm³/mol. The number of para-hydroxylation sites is 1. The van der Waals surface area contributed by atoms with E-state index >= 15 is 0 Å². The molecule has 1 saturated heterocycles. The molecule has 0 atom stereocenters. The van der Waals surface area contributed by atoms with Gasteiger partial charge in [0.25, 0.3) is 0 Å². The van der Waals surface area contributed by atoms with Crippen molar-refractivity contribution in [1.29, 1.82) is 0 Å². The third kappa shape index (κ3) is 3.70. The zero-order chi connectivity index (χ0) is 21.3. The van der Waals surface area contributed by atoms with E-state index in [2.05, 4.69) is 35.9 Å². The van der Waals surface area contributed by atoms with Gasteiger partial charge in [-0.15, -0.1) is 0 Å². The van der Waals surface area contributed by atoms with Gasteiger partial charge in [-0.1, -0.05) is 17.3 Å². The quantitative estimate of drug-likeness (QED) is 0.310.